The summed E-state index contributed by atoms with van der Waals surface area (Å²) in [6.07, 6.45) is 1.58. The van der Waals surface area contributed by atoms with Gasteiger partial charge in [-0.3, -0.25) is 0 Å². The molecule has 0 aromatic carbocycles. The van der Waals surface area contributed by atoms with E-state index in [9.17, 15) is 4.79 Å². The summed E-state index contributed by atoms with van der Waals surface area (Å²) in [5, 5.41) is 16.8. The molecule has 7 heteroatoms. The Bertz CT molecular complexity index is 582. The van der Waals surface area contributed by atoms with Gasteiger partial charge in [0.1, 0.15) is 17.7 Å². The number of methoxy groups -OCH3 is 1. The Morgan fingerprint density at radius 3 is 3.00 bits per heavy atom. The maximum atomic E-state index is 10.9. The molecule has 1 N–H and O–H groups in total. The van der Waals surface area contributed by atoms with Gasteiger partial charge in [-0.2, -0.15) is 0 Å². The van der Waals surface area contributed by atoms with E-state index in [4.69, 9.17) is 9.84 Å². The molecule has 0 amide bonds. The van der Waals surface area contributed by atoms with Crippen molar-refractivity contribution in [1.29, 1.82) is 0 Å². The lowest BCUT2D eigenvalue weighted by Gasteiger charge is -2.13. The van der Waals surface area contributed by atoms with E-state index < -0.39 is 5.97 Å². The second kappa shape index (κ2) is 5.57. The van der Waals surface area contributed by atoms with E-state index in [2.05, 4.69) is 15.2 Å². The van der Waals surface area contributed by atoms with Crippen molar-refractivity contribution in [2.24, 2.45) is 0 Å². The van der Waals surface area contributed by atoms with Crippen molar-refractivity contribution >= 4 is 5.97 Å². The third-order valence-electron chi connectivity index (χ3n) is 2.65. The van der Waals surface area contributed by atoms with Crippen LogP contribution in [-0.2, 0) is 4.74 Å². The maximum Gasteiger partial charge on any atom is 0.354 e. The van der Waals surface area contributed by atoms with E-state index >= 15 is 0 Å². The first-order valence-corrected chi connectivity index (χ1v) is 5.72. The minimum absolute atomic E-state index is 0.0218. The molecule has 1 atom stereocenters. The van der Waals surface area contributed by atoms with E-state index in [-0.39, 0.29) is 11.7 Å². The Kier molecular flexibility index (Phi) is 3.86. The number of aromatic nitrogens is 4. The van der Waals surface area contributed by atoms with E-state index in [0.717, 1.165) is 0 Å². The van der Waals surface area contributed by atoms with Gasteiger partial charge in [-0.25, -0.2) is 9.78 Å². The van der Waals surface area contributed by atoms with Crippen LogP contribution in [0.2, 0.25) is 0 Å². The zero-order valence-corrected chi connectivity index (χ0v) is 10.6. The molecule has 0 spiro atoms. The number of carboxylic acid groups (broad SMARTS) is 1. The molecule has 0 saturated carbocycles. The van der Waals surface area contributed by atoms with Crippen LogP contribution in [0.3, 0.4) is 0 Å². The Morgan fingerprint density at radius 2 is 2.32 bits per heavy atom. The molecule has 2 aromatic heterocycles. The van der Waals surface area contributed by atoms with Crippen molar-refractivity contribution in [3.05, 3.63) is 30.2 Å². The number of pyridine rings is 1. The van der Waals surface area contributed by atoms with Crippen molar-refractivity contribution in [3.8, 4) is 11.5 Å². The number of hydrogen-bond acceptors (Lipinski definition) is 5. The molecule has 19 heavy (non-hydrogen) atoms. The van der Waals surface area contributed by atoms with Crippen LogP contribution >= 0.6 is 0 Å². The van der Waals surface area contributed by atoms with Gasteiger partial charge < -0.3 is 14.4 Å². The summed E-state index contributed by atoms with van der Waals surface area (Å²) in [7, 11) is 1.61. The van der Waals surface area contributed by atoms with Gasteiger partial charge in [0, 0.05) is 7.11 Å². The molecule has 2 aromatic rings. The van der Waals surface area contributed by atoms with Crippen LogP contribution in [0.4, 0.5) is 0 Å². The molecule has 100 valence electrons. The van der Waals surface area contributed by atoms with Crippen LogP contribution in [0.5, 0.6) is 0 Å². The fourth-order valence-corrected chi connectivity index (χ4v) is 1.75. The van der Waals surface area contributed by atoms with Crippen molar-refractivity contribution in [2.75, 3.05) is 13.7 Å². The second-order valence-corrected chi connectivity index (χ2v) is 4.08. The predicted molar refractivity (Wildman–Crippen MR) is 66.8 cm³/mol. The van der Waals surface area contributed by atoms with Gasteiger partial charge in [0.05, 0.1) is 12.6 Å². The lowest BCUT2D eigenvalue weighted by molar-refractivity contribution is 0.0690. The highest BCUT2D eigenvalue weighted by Gasteiger charge is 2.15. The Morgan fingerprint density at radius 1 is 1.53 bits per heavy atom. The first-order chi connectivity index (χ1) is 9.13. The van der Waals surface area contributed by atoms with Gasteiger partial charge >= 0.3 is 5.97 Å². The number of rotatable bonds is 5. The number of carboxylic acids is 1. The number of carbonyl (C=O) groups is 1. The Labute approximate surface area is 109 Å². The maximum absolute atomic E-state index is 10.9. The Balaban J connectivity index is 2.39. The molecule has 2 rings (SSSR count). The lowest BCUT2D eigenvalue weighted by Crippen LogP contribution is -2.12. The molecule has 0 fully saturated rings. The van der Waals surface area contributed by atoms with Gasteiger partial charge in [-0.1, -0.05) is 6.07 Å². The van der Waals surface area contributed by atoms with Crippen LogP contribution in [0.25, 0.3) is 11.5 Å². The molecule has 0 unspecified atom stereocenters. The molecule has 0 aliphatic carbocycles. The molecule has 0 bridgehead atoms. The van der Waals surface area contributed by atoms with Crippen molar-refractivity contribution in [3.63, 3.8) is 0 Å². The van der Waals surface area contributed by atoms with Crippen LogP contribution in [-0.4, -0.2) is 44.5 Å². The minimum atomic E-state index is -1.07. The second-order valence-electron chi connectivity index (χ2n) is 4.08. The highest BCUT2D eigenvalue weighted by molar-refractivity contribution is 5.85. The molecule has 0 saturated heterocycles. The molecular formula is C12H14N4O3. The number of hydrogen-bond donors (Lipinski definition) is 1. The van der Waals surface area contributed by atoms with Gasteiger partial charge in [0.2, 0.25) is 0 Å². The van der Waals surface area contributed by atoms with Crippen molar-refractivity contribution in [1.82, 2.24) is 19.7 Å². The predicted octanol–water partition coefficient (Wildman–Crippen LogP) is 1.25. The first-order valence-electron chi connectivity index (χ1n) is 5.72. The smallest absolute Gasteiger partial charge is 0.354 e. The highest BCUT2D eigenvalue weighted by Crippen LogP contribution is 2.18. The van der Waals surface area contributed by atoms with Crippen LogP contribution in [0.1, 0.15) is 23.5 Å². The number of nitrogens with zero attached hydrogens (tertiary/aromatic N) is 4. The van der Waals surface area contributed by atoms with Gasteiger partial charge in [0.15, 0.2) is 5.82 Å². The minimum Gasteiger partial charge on any atom is -0.477 e. The summed E-state index contributed by atoms with van der Waals surface area (Å²) < 4.78 is 6.89. The summed E-state index contributed by atoms with van der Waals surface area (Å²) in [6.45, 7) is 2.46. The van der Waals surface area contributed by atoms with Crippen LogP contribution in [0.15, 0.2) is 24.5 Å². The van der Waals surface area contributed by atoms with Gasteiger partial charge in [-0.15, -0.1) is 10.2 Å². The van der Waals surface area contributed by atoms with E-state index in [1.807, 2.05) is 6.92 Å². The zero-order valence-electron chi connectivity index (χ0n) is 10.6. The topological polar surface area (TPSA) is 90.1 Å². The Hall–Kier alpha value is -2.28. The van der Waals surface area contributed by atoms with E-state index in [1.165, 1.54) is 6.07 Å². The molecule has 0 aliphatic rings. The molecule has 0 radical (unpaired) electrons. The quantitative estimate of drug-likeness (QED) is 0.872. The average Bonchev–Trinajstić information content (AvgIpc) is 2.88. The normalized spacial score (nSPS) is 12.3. The van der Waals surface area contributed by atoms with Crippen molar-refractivity contribution < 1.29 is 14.6 Å². The summed E-state index contributed by atoms with van der Waals surface area (Å²) in [5.41, 5.74) is 0.451. The van der Waals surface area contributed by atoms with E-state index in [1.54, 1.807) is 30.1 Å². The van der Waals surface area contributed by atoms with Gasteiger partial charge in [0.25, 0.3) is 0 Å². The first kappa shape index (κ1) is 13.2. The average molecular weight is 262 g/mol. The fourth-order valence-electron chi connectivity index (χ4n) is 1.75. The number of aromatic carboxylic acids is 1. The zero-order chi connectivity index (χ0) is 13.8. The molecule has 7 nitrogen and oxygen atoms in total. The third kappa shape index (κ3) is 2.76. The summed E-state index contributed by atoms with van der Waals surface area (Å²) >= 11 is 0. The van der Waals surface area contributed by atoms with E-state index in [0.29, 0.717) is 18.1 Å². The third-order valence-corrected chi connectivity index (χ3v) is 2.65. The lowest BCUT2D eigenvalue weighted by atomic mass is 10.2. The van der Waals surface area contributed by atoms with Crippen molar-refractivity contribution in [2.45, 2.75) is 13.0 Å². The largest absolute Gasteiger partial charge is 0.477 e. The molecular weight excluding hydrogens is 248 g/mol. The highest BCUT2D eigenvalue weighted by atomic mass is 16.5. The molecule has 0 aliphatic heterocycles. The standard InChI is InChI=1S/C12H14N4O3/c1-8(6-19-2)16-7-13-15-11(16)9-4-3-5-10(14-9)12(17)18/h3-5,7-8H,6H2,1-2H3,(H,17,18)/t8-/m1/s1. The monoisotopic (exact) mass is 262 g/mol. The van der Waals surface area contributed by atoms with Crippen LogP contribution < -0.4 is 0 Å². The molecule has 2 heterocycles. The summed E-state index contributed by atoms with van der Waals surface area (Å²) in [5.74, 6) is -0.550. The summed E-state index contributed by atoms with van der Waals surface area (Å²) in [6, 6.07) is 4.80. The number of ether oxygens (including phenoxy) is 1. The fraction of sp³-hybridized carbons (Fsp3) is 0.333. The summed E-state index contributed by atoms with van der Waals surface area (Å²) in [4.78, 5) is 15.0. The SMILES string of the molecule is COC[C@@H](C)n1cnnc1-c1cccc(C(=O)O)n1. The van der Waals surface area contributed by atoms with Gasteiger partial charge in [-0.05, 0) is 19.1 Å². The van der Waals surface area contributed by atoms with Crippen LogP contribution in [0, 0.1) is 0 Å².